The van der Waals surface area contributed by atoms with E-state index < -0.39 is 10.5 Å². The van der Waals surface area contributed by atoms with Crippen molar-refractivity contribution in [3.05, 3.63) is 45.8 Å². The lowest BCUT2D eigenvalue weighted by Crippen LogP contribution is -2.30. The molecule has 0 saturated heterocycles. The number of hydrogen-bond acceptors (Lipinski definition) is 7. The molecule has 2 N–H and O–H groups in total. The standard InChI is InChI=1S/C12H12N4O4S/c1-12(17,8-3-2-5-20-8)7-13-9-10(16(18)19)15-4-6-21-11(15)14-9/h2-6,13,17H,7H2,1H3. The Bertz CT molecular complexity index is 774. The fourth-order valence-corrected chi connectivity index (χ4v) is 2.70. The Hall–Kier alpha value is -2.39. The van der Waals surface area contributed by atoms with E-state index in [2.05, 4.69) is 10.3 Å². The summed E-state index contributed by atoms with van der Waals surface area (Å²) in [5.74, 6) is 0.346. The molecule has 0 spiro atoms. The van der Waals surface area contributed by atoms with Crippen LogP contribution in [0.4, 0.5) is 11.6 Å². The lowest BCUT2D eigenvalue weighted by molar-refractivity contribution is -0.389. The molecule has 0 aliphatic rings. The lowest BCUT2D eigenvalue weighted by atomic mass is 10.0. The molecule has 8 nitrogen and oxygen atoms in total. The summed E-state index contributed by atoms with van der Waals surface area (Å²) >= 11 is 1.30. The maximum atomic E-state index is 11.2. The minimum Gasteiger partial charge on any atom is -0.466 e. The van der Waals surface area contributed by atoms with E-state index >= 15 is 0 Å². The van der Waals surface area contributed by atoms with Crippen LogP contribution >= 0.6 is 11.3 Å². The Morgan fingerprint density at radius 1 is 1.67 bits per heavy atom. The van der Waals surface area contributed by atoms with E-state index in [0.29, 0.717) is 10.7 Å². The summed E-state index contributed by atoms with van der Waals surface area (Å²) in [5, 5.41) is 26.1. The zero-order chi connectivity index (χ0) is 15.0. The van der Waals surface area contributed by atoms with Crippen LogP contribution in [0.25, 0.3) is 4.96 Å². The Labute approximate surface area is 122 Å². The van der Waals surface area contributed by atoms with Crippen molar-refractivity contribution in [3.8, 4) is 0 Å². The van der Waals surface area contributed by atoms with Crippen molar-refractivity contribution in [3.63, 3.8) is 0 Å². The molecule has 1 atom stereocenters. The van der Waals surface area contributed by atoms with Gasteiger partial charge in [0.25, 0.3) is 4.96 Å². The molecule has 0 fully saturated rings. The van der Waals surface area contributed by atoms with E-state index in [-0.39, 0.29) is 18.2 Å². The Morgan fingerprint density at radius 3 is 3.14 bits per heavy atom. The Balaban J connectivity index is 1.87. The highest BCUT2D eigenvalue weighted by molar-refractivity contribution is 7.15. The summed E-state index contributed by atoms with van der Waals surface area (Å²) in [6, 6.07) is 3.31. The Morgan fingerprint density at radius 2 is 2.48 bits per heavy atom. The first kappa shape index (κ1) is 13.6. The van der Waals surface area contributed by atoms with Crippen LogP contribution < -0.4 is 5.32 Å². The van der Waals surface area contributed by atoms with Crippen molar-refractivity contribution in [2.45, 2.75) is 12.5 Å². The summed E-state index contributed by atoms with van der Waals surface area (Å²) in [4.78, 5) is 15.4. The lowest BCUT2D eigenvalue weighted by Gasteiger charge is -2.20. The number of imidazole rings is 1. The van der Waals surface area contributed by atoms with E-state index in [1.807, 2.05) is 0 Å². The van der Waals surface area contributed by atoms with Crippen LogP contribution in [0.5, 0.6) is 0 Å². The second kappa shape index (κ2) is 4.86. The fraction of sp³-hybridized carbons (Fsp3) is 0.250. The average molecular weight is 308 g/mol. The number of rotatable bonds is 5. The molecule has 0 aliphatic heterocycles. The number of nitrogens with one attached hydrogen (secondary N) is 1. The van der Waals surface area contributed by atoms with Crippen LogP contribution in [0.15, 0.2) is 34.4 Å². The molecule has 110 valence electrons. The number of aromatic nitrogens is 2. The summed E-state index contributed by atoms with van der Waals surface area (Å²) in [7, 11) is 0. The van der Waals surface area contributed by atoms with Crippen molar-refractivity contribution >= 4 is 27.9 Å². The van der Waals surface area contributed by atoms with Gasteiger partial charge in [-0.25, -0.2) is 0 Å². The predicted molar refractivity (Wildman–Crippen MR) is 76.5 cm³/mol. The first-order valence-electron chi connectivity index (χ1n) is 6.09. The number of aliphatic hydroxyl groups is 1. The normalized spacial score (nSPS) is 14.2. The summed E-state index contributed by atoms with van der Waals surface area (Å²) < 4.78 is 6.56. The number of nitrogens with zero attached hydrogens (tertiary/aromatic N) is 3. The van der Waals surface area contributed by atoms with E-state index in [1.54, 1.807) is 30.6 Å². The SMILES string of the molecule is CC(O)(CNc1nc2sccn2c1[N+](=O)[O-])c1ccco1. The molecule has 3 heterocycles. The van der Waals surface area contributed by atoms with Gasteiger partial charge in [0.2, 0.25) is 5.82 Å². The number of hydrogen-bond donors (Lipinski definition) is 2. The van der Waals surface area contributed by atoms with Crippen molar-refractivity contribution in [1.82, 2.24) is 9.38 Å². The first-order valence-corrected chi connectivity index (χ1v) is 6.97. The molecular formula is C12H12N4O4S. The van der Waals surface area contributed by atoms with Crippen LogP contribution in [0.2, 0.25) is 0 Å². The van der Waals surface area contributed by atoms with E-state index in [0.717, 1.165) is 0 Å². The van der Waals surface area contributed by atoms with Gasteiger partial charge in [-0.15, -0.1) is 0 Å². The van der Waals surface area contributed by atoms with Crippen LogP contribution in [-0.4, -0.2) is 26.0 Å². The minimum atomic E-state index is -1.30. The molecule has 0 amide bonds. The second-order valence-electron chi connectivity index (χ2n) is 4.70. The largest absolute Gasteiger partial charge is 0.466 e. The molecule has 0 aromatic carbocycles. The first-order chi connectivity index (χ1) is 9.99. The van der Waals surface area contributed by atoms with Crippen LogP contribution in [-0.2, 0) is 5.60 Å². The molecule has 3 aromatic rings. The molecular weight excluding hydrogens is 296 g/mol. The third-order valence-electron chi connectivity index (χ3n) is 3.06. The van der Waals surface area contributed by atoms with Gasteiger partial charge in [0.05, 0.1) is 12.8 Å². The second-order valence-corrected chi connectivity index (χ2v) is 5.57. The molecule has 9 heteroatoms. The molecule has 3 aromatic heterocycles. The number of anilines is 1. The minimum absolute atomic E-state index is 0.0339. The zero-order valence-electron chi connectivity index (χ0n) is 11.0. The quantitative estimate of drug-likeness (QED) is 0.553. The molecule has 0 aliphatic carbocycles. The summed E-state index contributed by atoms with van der Waals surface area (Å²) in [5.41, 5.74) is -1.30. The van der Waals surface area contributed by atoms with Gasteiger partial charge in [-0.05, 0) is 24.0 Å². The topological polar surface area (TPSA) is 106 Å². The van der Waals surface area contributed by atoms with Gasteiger partial charge in [0, 0.05) is 5.38 Å². The smallest absolute Gasteiger partial charge is 0.372 e. The van der Waals surface area contributed by atoms with E-state index in [4.69, 9.17) is 4.42 Å². The third kappa shape index (κ3) is 2.36. The van der Waals surface area contributed by atoms with Crippen molar-refractivity contribution in [1.29, 1.82) is 0 Å². The molecule has 0 saturated carbocycles. The third-order valence-corrected chi connectivity index (χ3v) is 3.82. The van der Waals surface area contributed by atoms with Gasteiger partial charge in [0.15, 0.2) is 0 Å². The zero-order valence-corrected chi connectivity index (χ0v) is 11.8. The predicted octanol–water partition coefficient (Wildman–Crippen LogP) is 2.22. The van der Waals surface area contributed by atoms with Crippen molar-refractivity contribution < 1.29 is 14.4 Å². The van der Waals surface area contributed by atoms with Gasteiger partial charge < -0.3 is 25.0 Å². The highest BCUT2D eigenvalue weighted by Crippen LogP contribution is 2.29. The molecule has 0 bridgehead atoms. The van der Waals surface area contributed by atoms with Gasteiger partial charge in [0.1, 0.15) is 17.6 Å². The maximum Gasteiger partial charge on any atom is 0.372 e. The molecule has 3 rings (SSSR count). The van der Waals surface area contributed by atoms with Crippen LogP contribution in [0.3, 0.4) is 0 Å². The van der Waals surface area contributed by atoms with E-state index in [9.17, 15) is 15.2 Å². The van der Waals surface area contributed by atoms with Crippen LogP contribution in [0.1, 0.15) is 12.7 Å². The molecule has 21 heavy (non-hydrogen) atoms. The average Bonchev–Trinajstić information content (AvgIpc) is 3.12. The van der Waals surface area contributed by atoms with Crippen LogP contribution in [0, 0.1) is 10.1 Å². The van der Waals surface area contributed by atoms with Gasteiger partial charge >= 0.3 is 5.82 Å². The summed E-state index contributed by atoms with van der Waals surface area (Å²) in [6.07, 6.45) is 3.04. The highest BCUT2D eigenvalue weighted by atomic mass is 32.1. The summed E-state index contributed by atoms with van der Waals surface area (Å²) in [6.45, 7) is 1.59. The van der Waals surface area contributed by atoms with Gasteiger partial charge in [-0.3, -0.25) is 0 Å². The highest BCUT2D eigenvalue weighted by Gasteiger charge is 2.29. The molecule has 0 radical (unpaired) electrons. The number of furan rings is 1. The van der Waals surface area contributed by atoms with Gasteiger partial charge in [-0.2, -0.15) is 9.38 Å². The fourth-order valence-electron chi connectivity index (χ4n) is 1.99. The van der Waals surface area contributed by atoms with Crippen molar-refractivity contribution in [2.24, 2.45) is 0 Å². The molecule has 1 unspecified atom stereocenters. The van der Waals surface area contributed by atoms with Gasteiger partial charge in [-0.1, -0.05) is 11.3 Å². The monoisotopic (exact) mass is 308 g/mol. The Kier molecular flexibility index (Phi) is 3.15. The maximum absolute atomic E-state index is 11.2. The van der Waals surface area contributed by atoms with E-state index in [1.165, 1.54) is 22.0 Å². The number of thiazole rings is 1. The number of nitro groups is 1. The number of fused-ring (bicyclic) bond motifs is 1. The van der Waals surface area contributed by atoms with Crippen molar-refractivity contribution in [2.75, 3.05) is 11.9 Å².